The van der Waals surface area contributed by atoms with Gasteiger partial charge in [0, 0.05) is 4.91 Å². The summed E-state index contributed by atoms with van der Waals surface area (Å²) in [5.74, 6) is 0. The van der Waals surface area contributed by atoms with Gasteiger partial charge in [-0.05, 0) is 23.2 Å². The van der Waals surface area contributed by atoms with Crippen molar-refractivity contribution >= 4 is 10.0 Å². The lowest BCUT2D eigenvalue weighted by molar-refractivity contribution is 0.186. The second-order valence-corrected chi connectivity index (χ2v) is 4.61. The minimum absolute atomic E-state index is 0.0926. The first-order valence-corrected chi connectivity index (χ1v) is 5.81. The maximum Gasteiger partial charge on any atom is 0.238 e. The van der Waals surface area contributed by atoms with Crippen molar-refractivity contribution in [3.63, 3.8) is 0 Å². The predicted molar refractivity (Wildman–Crippen MR) is 56.8 cm³/mol. The Balaban J connectivity index is 3.03. The normalized spacial score (nSPS) is 12.9. The second kappa shape index (κ2) is 4.95. The molecule has 0 heterocycles. The summed E-state index contributed by atoms with van der Waals surface area (Å²) in [5, 5.41) is 17.7. The standard InChI is InChI=1S/C8H10N4O3S/c9-12-11-5-8(13)6-2-1-3-7(4-6)16(10,14)15/h1-4,8,13H,5H2,(H2,10,14,15). The van der Waals surface area contributed by atoms with Gasteiger partial charge in [-0.3, -0.25) is 0 Å². The summed E-state index contributed by atoms with van der Waals surface area (Å²) < 4.78 is 22.1. The van der Waals surface area contributed by atoms with E-state index in [-0.39, 0.29) is 11.4 Å². The molecule has 0 fully saturated rings. The number of hydrogen-bond acceptors (Lipinski definition) is 4. The molecule has 0 bridgehead atoms. The summed E-state index contributed by atoms with van der Waals surface area (Å²) in [7, 11) is -3.79. The van der Waals surface area contributed by atoms with E-state index in [0.29, 0.717) is 5.56 Å². The van der Waals surface area contributed by atoms with Gasteiger partial charge >= 0.3 is 0 Å². The lowest BCUT2D eigenvalue weighted by Gasteiger charge is -2.08. The predicted octanol–water partition coefficient (Wildman–Crippen LogP) is 0.678. The van der Waals surface area contributed by atoms with Crippen LogP contribution in [0.15, 0.2) is 34.3 Å². The van der Waals surface area contributed by atoms with Crippen molar-refractivity contribution < 1.29 is 13.5 Å². The number of benzene rings is 1. The Morgan fingerprint density at radius 3 is 2.81 bits per heavy atom. The van der Waals surface area contributed by atoms with Crippen molar-refractivity contribution in [3.05, 3.63) is 40.3 Å². The molecule has 0 saturated carbocycles. The average Bonchev–Trinajstić information content (AvgIpc) is 2.25. The van der Waals surface area contributed by atoms with E-state index in [4.69, 9.17) is 10.7 Å². The first-order chi connectivity index (χ1) is 7.45. The molecule has 0 spiro atoms. The number of aliphatic hydroxyl groups excluding tert-OH is 1. The molecule has 0 amide bonds. The minimum Gasteiger partial charge on any atom is -0.388 e. The highest BCUT2D eigenvalue weighted by atomic mass is 32.2. The Morgan fingerprint density at radius 1 is 1.56 bits per heavy atom. The van der Waals surface area contributed by atoms with Crippen LogP contribution in [-0.4, -0.2) is 20.1 Å². The number of azide groups is 1. The van der Waals surface area contributed by atoms with Crippen LogP contribution in [0.4, 0.5) is 0 Å². The molecule has 0 saturated heterocycles. The van der Waals surface area contributed by atoms with Crippen LogP contribution in [0, 0.1) is 0 Å². The van der Waals surface area contributed by atoms with E-state index in [9.17, 15) is 13.5 Å². The molecular weight excluding hydrogens is 232 g/mol. The van der Waals surface area contributed by atoms with Gasteiger partial charge in [0.1, 0.15) is 0 Å². The molecule has 1 unspecified atom stereocenters. The summed E-state index contributed by atoms with van der Waals surface area (Å²) in [4.78, 5) is 2.40. The minimum atomic E-state index is -3.79. The van der Waals surface area contributed by atoms with E-state index in [1.54, 1.807) is 0 Å². The maximum absolute atomic E-state index is 11.0. The number of nitrogens with two attached hydrogens (primary N) is 1. The lowest BCUT2D eigenvalue weighted by atomic mass is 10.1. The van der Waals surface area contributed by atoms with E-state index in [1.165, 1.54) is 24.3 Å². The highest BCUT2D eigenvalue weighted by Gasteiger charge is 2.11. The van der Waals surface area contributed by atoms with Crippen molar-refractivity contribution in [2.75, 3.05) is 6.54 Å². The summed E-state index contributed by atoms with van der Waals surface area (Å²) in [6.45, 7) is -0.162. The van der Waals surface area contributed by atoms with Crippen molar-refractivity contribution in [2.24, 2.45) is 10.3 Å². The number of nitrogens with zero attached hydrogens (tertiary/aromatic N) is 3. The lowest BCUT2D eigenvalue weighted by Crippen LogP contribution is -2.13. The average molecular weight is 242 g/mol. The van der Waals surface area contributed by atoms with E-state index >= 15 is 0 Å². The quantitative estimate of drug-likeness (QED) is 0.457. The molecule has 1 rings (SSSR count). The Labute approximate surface area is 92.2 Å². The number of hydrogen-bond donors (Lipinski definition) is 2. The number of rotatable bonds is 4. The molecule has 86 valence electrons. The molecule has 0 radical (unpaired) electrons. The summed E-state index contributed by atoms with van der Waals surface area (Å²) in [5.41, 5.74) is 8.41. The van der Waals surface area contributed by atoms with Crippen molar-refractivity contribution in [3.8, 4) is 0 Å². The molecule has 0 aliphatic rings. The third kappa shape index (κ3) is 3.21. The van der Waals surface area contributed by atoms with Gasteiger partial charge in [-0.1, -0.05) is 17.2 Å². The van der Waals surface area contributed by atoms with Crippen LogP contribution in [0.5, 0.6) is 0 Å². The maximum atomic E-state index is 11.0. The zero-order valence-corrected chi connectivity index (χ0v) is 9.00. The van der Waals surface area contributed by atoms with Crippen molar-refractivity contribution in [2.45, 2.75) is 11.0 Å². The highest BCUT2D eigenvalue weighted by Crippen LogP contribution is 2.17. The molecule has 1 atom stereocenters. The fraction of sp³-hybridized carbons (Fsp3) is 0.250. The van der Waals surface area contributed by atoms with Crippen LogP contribution in [0.25, 0.3) is 10.4 Å². The van der Waals surface area contributed by atoms with Gasteiger partial charge in [-0.15, -0.1) is 0 Å². The molecular formula is C8H10N4O3S. The fourth-order valence-corrected chi connectivity index (χ4v) is 1.69. The molecule has 16 heavy (non-hydrogen) atoms. The fourth-order valence-electron chi connectivity index (χ4n) is 1.12. The largest absolute Gasteiger partial charge is 0.388 e. The first-order valence-electron chi connectivity index (χ1n) is 4.27. The first kappa shape index (κ1) is 12.5. The van der Waals surface area contributed by atoms with Crippen LogP contribution in [0.2, 0.25) is 0 Å². The van der Waals surface area contributed by atoms with E-state index in [1.807, 2.05) is 0 Å². The van der Waals surface area contributed by atoms with E-state index < -0.39 is 16.1 Å². The van der Waals surface area contributed by atoms with E-state index in [2.05, 4.69) is 10.0 Å². The summed E-state index contributed by atoms with van der Waals surface area (Å²) in [6, 6.07) is 5.53. The Morgan fingerprint density at radius 2 is 2.25 bits per heavy atom. The van der Waals surface area contributed by atoms with Crippen LogP contribution in [0.3, 0.4) is 0 Å². The third-order valence-electron chi connectivity index (χ3n) is 1.89. The second-order valence-electron chi connectivity index (χ2n) is 3.05. The Kier molecular flexibility index (Phi) is 3.86. The van der Waals surface area contributed by atoms with Gasteiger partial charge in [0.2, 0.25) is 10.0 Å². The van der Waals surface area contributed by atoms with Gasteiger partial charge in [0.15, 0.2) is 0 Å². The van der Waals surface area contributed by atoms with Crippen LogP contribution in [0.1, 0.15) is 11.7 Å². The Hall–Kier alpha value is -1.60. The molecule has 1 aromatic rings. The summed E-state index contributed by atoms with van der Waals surface area (Å²) >= 11 is 0. The molecule has 7 nitrogen and oxygen atoms in total. The van der Waals surface area contributed by atoms with Crippen molar-refractivity contribution in [1.82, 2.24) is 0 Å². The third-order valence-corrected chi connectivity index (χ3v) is 2.80. The molecule has 0 aliphatic heterocycles. The van der Waals surface area contributed by atoms with Crippen LogP contribution >= 0.6 is 0 Å². The SMILES string of the molecule is [N-]=[N+]=NCC(O)c1cccc(S(N)(=O)=O)c1. The smallest absolute Gasteiger partial charge is 0.238 e. The van der Waals surface area contributed by atoms with Crippen LogP contribution in [-0.2, 0) is 10.0 Å². The van der Waals surface area contributed by atoms with Gasteiger partial charge in [0.25, 0.3) is 0 Å². The topological polar surface area (TPSA) is 129 Å². The number of sulfonamides is 1. The van der Waals surface area contributed by atoms with Crippen molar-refractivity contribution in [1.29, 1.82) is 0 Å². The number of aliphatic hydroxyl groups is 1. The van der Waals surface area contributed by atoms with Gasteiger partial charge in [0.05, 0.1) is 17.5 Å². The molecule has 3 N–H and O–H groups in total. The molecule has 0 aliphatic carbocycles. The molecule has 1 aromatic carbocycles. The summed E-state index contributed by atoms with van der Waals surface area (Å²) in [6.07, 6.45) is -1.04. The zero-order chi connectivity index (χ0) is 12.2. The zero-order valence-electron chi connectivity index (χ0n) is 8.18. The number of primary sulfonamides is 1. The monoisotopic (exact) mass is 242 g/mol. The molecule has 0 aromatic heterocycles. The van der Waals surface area contributed by atoms with Gasteiger partial charge in [-0.2, -0.15) is 0 Å². The Bertz CT molecular complexity index is 522. The van der Waals surface area contributed by atoms with Crippen LogP contribution < -0.4 is 5.14 Å². The van der Waals surface area contributed by atoms with Gasteiger partial charge < -0.3 is 5.11 Å². The van der Waals surface area contributed by atoms with E-state index in [0.717, 1.165) is 0 Å². The molecule has 8 heteroatoms. The van der Waals surface area contributed by atoms with Gasteiger partial charge in [-0.25, -0.2) is 13.6 Å². The highest BCUT2D eigenvalue weighted by molar-refractivity contribution is 7.89.